The number of benzene rings is 1. The van der Waals surface area contributed by atoms with E-state index in [-0.39, 0.29) is 0 Å². The largest absolute Gasteiger partial charge is 0.310 e. The third kappa shape index (κ3) is 6.89. The smallest absolute Gasteiger partial charge is 0.0213 e. The average molecular weight is 376 g/mol. The second kappa shape index (κ2) is 11.8. The van der Waals surface area contributed by atoms with Gasteiger partial charge in [0.05, 0.1) is 0 Å². The first-order valence-electron chi connectivity index (χ1n) is 11.1. The molecule has 27 heavy (non-hydrogen) atoms. The molecule has 3 N–H and O–H groups in total. The summed E-state index contributed by atoms with van der Waals surface area (Å²) in [6.07, 6.45) is 3.30. The molecule has 0 aromatic heterocycles. The van der Waals surface area contributed by atoms with Crippen LogP contribution in [-0.4, -0.2) is 18.1 Å². The van der Waals surface area contributed by atoms with E-state index in [0.717, 1.165) is 38.9 Å². The minimum atomic E-state index is 0.500. The van der Waals surface area contributed by atoms with Gasteiger partial charge in [-0.2, -0.15) is 0 Å². The second-order valence-corrected chi connectivity index (χ2v) is 8.54. The molecule has 3 nitrogen and oxygen atoms in total. The molecule has 0 amide bonds. The van der Waals surface area contributed by atoms with Crippen molar-refractivity contribution in [1.82, 2.24) is 16.0 Å². The van der Waals surface area contributed by atoms with Crippen LogP contribution in [0.15, 0.2) is 0 Å². The number of hydrogen-bond acceptors (Lipinski definition) is 3. The topological polar surface area (TPSA) is 36.1 Å². The van der Waals surface area contributed by atoms with Crippen molar-refractivity contribution in [3.8, 4) is 0 Å². The van der Waals surface area contributed by atoms with E-state index in [1.54, 1.807) is 33.4 Å². The predicted molar refractivity (Wildman–Crippen MR) is 121 cm³/mol. The standard InChI is InChI=1S/C24H45N3/c1-10-19-22(13-25-16(4)5)20(11-2)24(15-27-18(8)9)21(12-3)23(19)14-26-17(6)7/h16-18,25-27H,10-15H2,1-9H3. The summed E-state index contributed by atoms with van der Waals surface area (Å²) in [6, 6.07) is 1.50. The highest BCUT2D eigenvalue weighted by atomic mass is 14.9. The zero-order valence-corrected chi connectivity index (χ0v) is 19.5. The van der Waals surface area contributed by atoms with Crippen LogP contribution in [0.4, 0.5) is 0 Å². The Morgan fingerprint density at radius 3 is 0.815 bits per heavy atom. The van der Waals surface area contributed by atoms with Crippen molar-refractivity contribution < 1.29 is 0 Å². The van der Waals surface area contributed by atoms with Crippen LogP contribution in [0.25, 0.3) is 0 Å². The van der Waals surface area contributed by atoms with Gasteiger partial charge in [-0.05, 0) is 52.6 Å². The molecule has 1 rings (SSSR count). The predicted octanol–water partition coefficient (Wildman–Crippen LogP) is 4.87. The highest BCUT2D eigenvalue weighted by Gasteiger charge is 2.21. The van der Waals surface area contributed by atoms with Crippen molar-refractivity contribution in [2.75, 3.05) is 0 Å². The summed E-state index contributed by atoms with van der Waals surface area (Å²) in [5.41, 5.74) is 9.35. The van der Waals surface area contributed by atoms with Crippen molar-refractivity contribution in [1.29, 1.82) is 0 Å². The van der Waals surface area contributed by atoms with Crippen molar-refractivity contribution in [2.24, 2.45) is 0 Å². The van der Waals surface area contributed by atoms with Crippen LogP contribution in [0.2, 0.25) is 0 Å². The Bertz CT molecular complexity index is 471. The highest BCUT2D eigenvalue weighted by Crippen LogP contribution is 2.31. The minimum Gasteiger partial charge on any atom is -0.310 e. The summed E-state index contributed by atoms with van der Waals surface area (Å²) in [6.45, 7) is 23.3. The fourth-order valence-corrected chi connectivity index (χ4v) is 3.93. The van der Waals surface area contributed by atoms with Gasteiger partial charge in [-0.1, -0.05) is 62.3 Å². The van der Waals surface area contributed by atoms with Gasteiger partial charge in [0.1, 0.15) is 0 Å². The summed E-state index contributed by atoms with van der Waals surface area (Å²) in [4.78, 5) is 0. The summed E-state index contributed by atoms with van der Waals surface area (Å²) in [7, 11) is 0. The van der Waals surface area contributed by atoms with Gasteiger partial charge in [-0.3, -0.25) is 0 Å². The molecule has 0 fully saturated rings. The third-order valence-electron chi connectivity index (χ3n) is 5.31. The van der Waals surface area contributed by atoms with E-state index in [1.807, 2.05) is 0 Å². The lowest BCUT2D eigenvalue weighted by molar-refractivity contribution is 0.562. The van der Waals surface area contributed by atoms with Crippen LogP contribution >= 0.6 is 0 Å². The van der Waals surface area contributed by atoms with E-state index in [9.17, 15) is 0 Å². The zero-order valence-electron chi connectivity index (χ0n) is 19.5. The van der Waals surface area contributed by atoms with Crippen LogP contribution in [0.1, 0.15) is 95.7 Å². The fourth-order valence-electron chi connectivity index (χ4n) is 3.93. The van der Waals surface area contributed by atoms with Gasteiger partial charge < -0.3 is 16.0 Å². The molecule has 0 aliphatic heterocycles. The maximum atomic E-state index is 3.69. The first-order valence-corrected chi connectivity index (χ1v) is 11.1. The Balaban J connectivity index is 3.60. The van der Waals surface area contributed by atoms with E-state index in [0.29, 0.717) is 18.1 Å². The summed E-state index contributed by atoms with van der Waals surface area (Å²) in [5, 5.41) is 11.1. The molecule has 0 atom stereocenters. The van der Waals surface area contributed by atoms with Crippen molar-refractivity contribution in [3.63, 3.8) is 0 Å². The lowest BCUT2D eigenvalue weighted by Crippen LogP contribution is -2.29. The van der Waals surface area contributed by atoms with Crippen molar-refractivity contribution in [3.05, 3.63) is 33.4 Å². The van der Waals surface area contributed by atoms with E-state index >= 15 is 0 Å². The molecule has 0 saturated heterocycles. The molecule has 1 aromatic rings. The molecule has 3 heteroatoms. The van der Waals surface area contributed by atoms with E-state index in [1.165, 1.54) is 0 Å². The Morgan fingerprint density at radius 1 is 0.444 bits per heavy atom. The fraction of sp³-hybridized carbons (Fsp3) is 0.750. The Morgan fingerprint density at radius 2 is 0.667 bits per heavy atom. The van der Waals surface area contributed by atoms with Crippen LogP contribution < -0.4 is 16.0 Å². The van der Waals surface area contributed by atoms with Gasteiger partial charge in [0, 0.05) is 37.8 Å². The lowest BCUT2D eigenvalue weighted by atomic mass is 9.83. The average Bonchev–Trinajstić information content (AvgIpc) is 2.61. The SMILES string of the molecule is CCc1c(CNC(C)C)c(CC)c(CNC(C)C)c(CC)c1CNC(C)C. The van der Waals surface area contributed by atoms with Crippen LogP contribution in [0.3, 0.4) is 0 Å². The quantitative estimate of drug-likeness (QED) is 0.488. The first kappa shape index (κ1) is 24.1. The van der Waals surface area contributed by atoms with Gasteiger partial charge in [-0.15, -0.1) is 0 Å². The Kier molecular flexibility index (Phi) is 10.6. The minimum absolute atomic E-state index is 0.500. The van der Waals surface area contributed by atoms with Crippen LogP contribution in [0, 0.1) is 0 Å². The van der Waals surface area contributed by atoms with Crippen LogP contribution in [0.5, 0.6) is 0 Å². The Hall–Kier alpha value is -0.900. The molecule has 1 aromatic carbocycles. The third-order valence-corrected chi connectivity index (χ3v) is 5.31. The van der Waals surface area contributed by atoms with E-state index < -0.39 is 0 Å². The molecular formula is C24H45N3. The molecule has 0 spiro atoms. The number of nitrogens with one attached hydrogen (secondary N) is 3. The summed E-state index contributed by atoms with van der Waals surface area (Å²) < 4.78 is 0. The van der Waals surface area contributed by atoms with Gasteiger partial charge in [0.25, 0.3) is 0 Å². The molecule has 0 bridgehead atoms. The molecular weight excluding hydrogens is 330 g/mol. The Labute approximate surface area is 169 Å². The second-order valence-electron chi connectivity index (χ2n) is 8.54. The number of rotatable bonds is 12. The molecule has 0 heterocycles. The van der Waals surface area contributed by atoms with E-state index in [4.69, 9.17) is 0 Å². The lowest BCUT2D eigenvalue weighted by Gasteiger charge is -2.28. The molecule has 0 unspecified atom stereocenters. The van der Waals surface area contributed by atoms with E-state index in [2.05, 4.69) is 78.3 Å². The van der Waals surface area contributed by atoms with Crippen LogP contribution in [-0.2, 0) is 38.9 Å². The van der Waals surface area contributed by atoms with Gasteiger partial charge in [0.2, 0.25) is 0 Å². The molecule has 0 aliphatic rings. The summed E-state index contributed by atoms with van der Waals surface area (Å²) >= 11 is 0. The molecule has 156 valence electrons. The van der Waals surface area contributed by atoms with Crippen molar-refractivity contribution >= 4 is 0 Å². The van der Waals surface area contributed by atoms with Gasteiger partial charge in [0.15, 0.2) is 0 Å². The maximum absolute atomic E-state index is 3.69. The monoisotopic (exact) mass is 375 g/mol. The zero-order chi connectivity index (χ0) is 20.6. The number of hydrogen-bond donors (Lipinski definition) is 3. The molecule has 0 aliphatic carbocycles. The maximum Gasteiger partial charge on any atom is 0.0213 e. The normalized spacial score (nSPS) is 12.0. The van der Waals surface area contributed by atoms with Crippen molar-refractivity contribution in [2.45, 2.75) is 119 Å². The molecule has 0 saturated carbocycles. The summed E-state index contributed by atoms with van der Waals surface area (Å²) in [5.74, 6) is 0. The first-order chi connectivity index (χ1) is 12.8. The van der Waals surface area contributed by atoms with Gasteiger partial charge in [-0.25, -0.2) is 0 Å². The molecule has 0 radical (unpaired) electrons. The highest BCUT2D eigenvalue weighted by molar-refractivity contribution is 5.52. The van der Waals surface area contributed by atoms with Gasteiger partial charge >= 0.3 is 0 Å².